The highest BCUT2D eigenvalue weighted by Crippen LogP contribution is 2.19. The Kier molecular flexibility index (Phi) is 6.87. The third-order valence-corrected chi connectivity index (χ3v) is 6.60. The number of aromatic nitrogens is 2. The number of ketones is 1. The number of nitrogens with zero attached hydrogens (tertiary/aromatic N) is 3. The van der Waals surface area contributed by atoms with Crippen LogP contribution in [0.2, 0.25) is 0 Å². The molecule has 0 bridgehead atoms. The number of carbonyl (C=O) groups excluding carboxylic acids is 3. The van der Waals surface area contributed by atoms with Gasteiger partial charge in [0.1, 0.15) is 11.3 Å². The molecular weight excluding hydrogens is 446 g/mol. The van der Waals surface area contributed by atoms with Crippen molar-refractivity contribution in [1.29, 1.82) is 0 Å². The van der Waals surface area contributed by atoms with Gasteiger partial charge in [0.2, 0.25) is 5.91 Å². The lowest BCUT2D eigenvalue weighted by atomic mass is 9.99. The molecule has 35 heavy (non-hydrogen) atoms. The molecule has 2 aromatic heterocycles. The number of pyridine rings is 1. The smallest absolute Gasteiger partial charge is 0.271 e. The molecule has 2 aliphatic heterocycles. The second kappa shape index (κ2) is 10.4. The van der Waals surface area contributed by atoms with Gasteiger partial charge in [-0.05, 0) is 42.5 Å². The molecule has 4 heterocycles. The maximum atomic E-state index is 12.6. The molecule has 5 rings (SSSR count). The molecule has 0 radical (unpaired) electrons. The van der Waals surface area contributed by atoms with Gasteiger partial charge in [-0.2, -0.15) is 0 Å². The van der Waals surface area contributed by atoms with Crippen molar-refractivity contribution in [3.8, 4) is 0 Å². The molecule has 0 spiro atoms. The summed E-state index contributed by atoms with van der Waals surface area (Å²) in [6.07, 6.45) is 5.69. The van der Waals surface area contributed by atoms with Crippen LogP contribution in [0.1, 0.15) is 34.5 Å². The average Bonchev–Trinajstić information content (AvgIpc) is 3.31. The van der Waals surface area contributed by atoms with Crippen molar-refractivity contribution in [3.05, 3.63) is 65.6 Å². The van der Waals surface area contributed by atoms with Gasteiger partial charge in [-0.15, -0.1) is 0 Å². The minimum atomic E-state index is -0.404. The highest BCUT2D eigenvalue weighted by atomic mass is 16.5. The summed E-state index contributed by atoms with van der Waals surface area (Å²) in [4.78, 5) is 44.0. The zero-order valence-electron chi connectivity index (χ0n) is 19.5. The van der Waals surface area contributed by atoms with E-state index in [0.717, 1.165) is 19.5 Å². The number of Topliss-reactive ketones (excluding diaryl/α,β-unsaturated/α-hetero) is 1. The van der Waals surface area contributed by atoms with E-state index in [4.69, 9.17) is 4.74 Å². The van der Waals surface area contributed by atoms with Gasteiger partial charge in [-0.3, -0.25) is 19.3 Å². The fourth-order valence-electron chi connectivity index (χ4n) is 4.64. The molecule has 1 fully saturated rings. The van der Waals surface area contributed by atoms with Gasteiger partial charge in [0.05, 0.1) is 18.8 Å². The van der Waals surface area contributed by atoms with E-state index in [0.29, 0.717) is 43.9 Å². The van der Waals surface area contributed by atoms with E-state index in [1.807, 2.05) is 12.1 Å². The lowest BCUT2D eigenvalue weighted by Crippen LogP contribution is -2.39. The van der Waals surface area contributed by atoms with E-state index >= 15 is 0 Å². The summed E-state index contributed by atoms with van der Waals surface area (Å²) in [5.41, 5.74) is 4.03. The Balaban J connectivity index is 1.14. The summed E-state index contributed by atoms with van der Waals surface area (Å²) in [6, 6.07) is 11.8. The second-order valence-electron chi connectivity index (χ2n) is 9.14. The summed E-state index contributed by atoms with van der Waals surface area (Å²) in [6.45, 7) is 3.04. The van der Waals surface area contributed by atoms with Crippen molar-refractivity contribution >= 4 is 28.9 Å². The van der Waals surface area contributed by atoms with Crippen molar-refractivity contribution in [2.24, 2.45) is 5.92 Å². The number of fused-ring (bicyclic) bond motifs is 2. The van der Waals surface area contributed by atoms with Crippen molar-refractivity contribution < 1.29 is 19.1 Å². The summed E-state index contributed by atoms with van der Waals surface area (Å²) in [7, 11) is 0. The first-order valence-corrected chi connectivity index (χ1v) is 12.0. The zero-order valence-corrected chi connectivity index (χ0v) is 19.5. The molecule has 0 atom stereocenters. The normalized spacial score (nSPS) is 16.6. The maximum absolute atomic E-state index is 12.6. The van der Waals surface area contributed by atoms with Crippen LogP contribution in [0.4, 0.5) is 5.69 Å². The van der Waals surface area contributed by atoms with Crippen molar-refractivity contribution in [2.75, 3.05) is 38.2 Å². The first-order chi connectivity index (χ1) is 17.0. The van der Waals surface area contributed by atoms with Crippen molar-refractivity contribution in [1.82, 2.24) is 19.6 Å². The van der Waals surface area contributed by atoms with Crippen LogP contribution in [0.5, 0.6) is 0 Å². The third kappa shape index (κ3) is 5.58. The first kappa shape index (κ1) is 23.2. The highest BCUT2D eigenvalue weighted by Gasteiger charge is 2.22. The SMILES string of the molecule is O=C(CNC(=O)c1cn2cc(NC(=O)C3CCOCC3)ccc2n1)CN1CCc2ccccc2C1. The summed E-state index contributed by atoms with van der Waals surface area (Å²) >= 11 is 0. The fourth-order valence-corrected chi connectivity index (χ4v) is 4.64. The molecule has 182 valence electrons. The summed E-state index contributed by atoms with van der Waals surface area (Å²) in [5.74, 6) is -0.527. The van der Waals surface area contributed by atoms with Crippen LogP contribution in [0, 0.1) is 5.92 Å². The van der Waals surface area contributed by atoms with Crippen LogP contribution < -0.4 is 10.6 Å². The molecule has 0 unspecified atom stereocenters. The molecule has 2 amide bonds. The number of hydrogen-bond acceptors (Lipinski definition) is 6. The molecule has 9 heteroatoms. The Bertz CT molecular complexity index is 1250. The number of hydrogen-bond donors (Lipinski definition) is 2. The molecule has 0 aliphatic carbocycles. The number of anilines is 1. The number of imidazole rings is 1. The number of carbonyl (C=O) groups is 3. The zero-order chi connectivity index (χ0) is 24.2. The fraction of sp³-hybridized carbons (Fsp3) is 0.385. The van der Waals surface area contributed by atoms with Gasteiger partial charge in [0.15, 0.2) is 5.78 Å². The quantitative estimate of drug-likeness (QED) is 0.542. The Hall–Kier alpha value is -3.56. The predicted octanol–water partition coefficient (Wildman–Crippen LogP) is 2.06. The van der Waals surface area contributed by atoms with Crippen LogP contribution in [0.15, 0.2) is 48.8 Å². The minimum Gasteiger partial charge on any atom is -0.381 e. The van der Waals surface area contributed by atoms with Gasteiger partial charge < -0.3 is 19.8 Å². The van der Waals surface area contributed by atoms with Crippen molar-refractivity contribution in [3.63, 3.8) is 0 Å². The lowest BCUT2D eigenvalue weighted by molar-refractivity contribution is -0.122. The molecule has 9 nitrogen and oxygen atoms in total. The van der Waals surface area contributed by atoms with E-state index in [9.17, 15) is 14.4 Å². The number of nitrogens with one attached hydrogen (secondary N) is 2. The van der Waals surface area contributed by atoms with Crippen molar-refractivity contribution in [2.45, 2.75) is 25.8 Å². The van der Waals surface area contributed by atoms with E-state index in [-0.39, 0.29) is 29.8 Å². The van der Waals surface area contributed by atoms with E-state index < -0.39 is 5.91 Å². The van der Waals surface area contributed by atoms with Gasteiger partial charge in [0, 0.05) is 44.6 Å². The maximum Gasteiger partial charge on any atom is 0.271 e. The topological polar surface area (TPSA) is 105 Å². The molecule has 1 aromatic carbocycles. The standard InChI is InChI=1S/C26H29N5O4/c32-22(16-30-10-7-18-3-1-2-4-20(18)14-30)13-27-26(34)23-17-31-15-21(5-6-24(31)29-23)28-25(33)19-8-11-35-12-9-19/h1-6,15,17,19H,7-14,16H2,(H,27,34)(H,28,33). The number of ether oxygens (including phenoxy) is 1. The van der Waals surface area contributed by atoms with Crippen LogP contribution in [-0.2, 0) is 27.3 Å². The second-order valence-corrected chi connectivity index (χ2v) is 9.14. The minimum absolute atomic E-state index is 0.0264. The van der Waals surface area contributed by atoms with Gasteiger partial charge in [0.25, 0.3) is 5.91 Å². The number of amides is 2. The van der Waals surface area contributed by atoms with E-state index in [1.165, 1.54) is 11.1 Å². The van der Waals surface area contributed by atoms with Gasteiger partial charge in [-0.25, -0.2) is 4.98 Å². The molecule has 1 saturated heterocycles. The summed E-state index contributed by atoms with van der Waals surface area (Å²) < 4.78 is 7.01. The molecule has 3 aromatic rings. The molecule has 0 saturated carbocycles. The average molecular weight is 476 g/mol. The predicted molar refractivity (Wildman–Crippen MR) is 130 cm³/mol. The lowest BCUT2D eigenvalue weighted by Gasteiger charge is -2.28. The highest BCUT2D eigenvalue weighted by molar-refractivity contribution is 5.96. The number of benzene rings is 1. The Morgan fingerprint density at radius 1 is 1.03 bits per heavy atom. The Labute approximate surface area is 203 Å². The van der Waals surface area contributed by atoms with Crippen LogP contribution in [-0.4, -0.2) is 64.7 Å². The van der Waals surface area contributed by atoms with Gasteiger partial charge in [-0.1, -0.05) is 24.3 Å². The summed E-state index contributed by atoms with van der Waals surface area (Å²) in [5, 5.41) is 5.62. The van der Waals surface area contributed by atoms with Crippen LogP contribution >= 0.6 is 0 Å². The Morgan fingerprint density at radius 3 is 2.66 bits per heavy atom. The molecular formula is C26H29N5O4. The van der Waals surface area contributed by atoms with Gasteiger partial charge >= 0.3 is 0 Å². The monoisotopic (exact) mass is 475 g/mol. The van der Waals surface area contributed by atoms with Crippen LogP contribution in [0.25, 0.3) is 5.65 Å². The van der Waals surface area contributed by atoms with E-state index in [2.05, 4.69) is 32.7 Å². The third-order valence-electron chi connectivity index (χ3n) is 6.60. The molecule has 2 aliphatic rings. The number of rotatable bonds is 7. The van der Waals surface area contributed by atoms with E-state index in [1.54, 1.807) is 28.9 Å². The molecule has 2 N–H and O–H groups in total. The largest absolute Gasteiger partial charge is 0.381 e. The Morgan fingerprint density at radius 2 is 1.83 bits per heavy atom. The first-order valence-electron chi connectivity index (χ1n) is 12.0. The van der Waals surface area contributed by atoms with Crippen LogP contribution in [0.3, 0.4) is 0 Å².